The number of benzene rings is 1. The molecule has 0 saturated carbocycles. The highest BCUT2D eigenvalue weighted by Gasteiger charge is 2.38. The Labute approximate surface area is 184 Å². The van der Waals surface area contributed by atoms with Crippen LogP contribution in [0.2, 0.25) is 0 Å². The minimum atomic E-state index is -5.08. The maximum atomic E-state index is 13.1. The molecule has 2 heterocycles. The molecule has 0 saturated heterocycles. The highest BCUT2D eigenvalue weighted by Crippen LogP contribution is 2.19. The molecule has 0 fully saturated rings. The molecular formula is C20H20BrF3N4O3. The maximum absolute atomic E-state index is 13.1. The van der Waals surface area contributed by atoms with Crippen molar-refractivity contribution in [3.63, 3.8) is 0 Å². The second kappa shape index (κ2) is 10.4. The lowest BCUT2D eigenvalue weighted by Crippen LogP contribution is -2.37. The molecule has 7 nitrogen and oxygen atoms in total. The van der Waals surface area contributed by atoms with E-state index in [1.807, 2.05) is 67.0 Å². The van der Waals surface area contributed by atoms with E-state index in [1.165, 1.54) is 0 Å². The molecule has 1 N–H and O–H groups in total. The highest BCUT2D eigenvalue weighted by molar-refractivity contribution is 9.10. The van der Waals surface area contributed by atoms with E-state index in [1.54, 1.807) is 11.1 Å². The lowest BCUT2D eigenvalue weighted by Gasteiger charge is -2.23. The number of alkyl halides is 3. The molecule has 0 radical (unpaired) electrons. The molecule has 166 valence electrons. The summed E-state index contributed by atoms with van der Waals surface area (Å²) in [6.07, 6.45) is -3.31. The number of carbonyl (C=O) groups excluding carboxylic acids is 1. The number of hydrogen-bond donors (Lipinski definition) is 1. The molecule has 11 heteroatoms. The molecule has 3 rings (SSSR count). The first-order chi connectivity index (χ1) is 14.5. The summed E-state index contributed by atoms with van der Waals surface area (Å²) in [5.74, 6) is -2.86. The zero-order valence-corrected chi connectivity index (χ0v) is 18.3. The summed E-state index contributed by atoms with van der Waals surface area (Å²) in [7, 11) is 3.99. The third-order valence-electron chi connectivity index (χ3n) is 3.99. The van der Waals surface area contributed by atoms with Gasteiger partial charge in [-0.1, -0.05) is 24.3 Å². The first-order valence-electron chi connectivity index (χ1n) is 8.96. The van der Waals surface area contributed by atoms with Crippen molar-refractivity contribution in [1.82, 2.24) is 14.3 Å². The summed E-state index contributed by atoms with van der Waals surface area (Å²) in [4.78, 5) is 30.3. The van der Waals surface area contributed by atoms with Crippen LogP contribution in [0.15, 0.2) is 59.3 Å². The lowest BCUT2D eigenvalue weighted by atomic mass is 10.2. The Bertz CT molecular complexity index is 1040. The molecule has 2 aromatic heterocycles. The third-order valence-corrected chi connectivity index (χ3v) is 4.63. The van der Waals surface area contributed by atoms with Crippen molar-refractivity contribution >= 4 is 39.1 Å². The molecule has 1 aromatic carbocycles. The number of hydrogen-bond acceptors (Lipinski definition) is 4. The SMILES string of the molecule is CN(C)CCN(C(=O)c1cn2c(Br)cccc2n1)c1ccccc1.O=C(O)C(F)(F)F. The zero-order valence-electron chi connectivity index (χ0n) is 16.7. The van der Waals surface area contributed by atoms with E-state index in [0.717, 1.165) is 22.5 Å². The van der Waals surface area contributed by atoms with Crippen molar-refractivity contribution in [1.29, 1.82) is 0 Å². The van der Waals surface area contributed by atoms with Crippen LogP contribution in [0, 0.1) is 0 Å². The van der Waals surface area contributed by atoms with Gasteiger partial charge in [0, 0.05) is 25.0 Å². The Balaban J connectivity index is 0.000000423. The summed E-state index contributed by atoms with van der Waals surface area (Å²) in [6, 6.07) is 15.4. The molecular weight excluding hydrogens is 481 g/mol. The van der Waals surface area contributed by atoms with E-state index in [2.05, 4.69) is 25.8 Å². The largest absolute Gasteiger partial charge is 0.490 e. The minimum absolute atomic E-state index is 0.0985. The number of fused-ring (bicyclic) bond motifs is 1. The van der Waals surface area contributed by atoms with Gasteiger partial charge in [0.25, 0.3) is 5.91 Å². The number of aliphatic carboxylic acids is 1. The zero-order chi connectivity index (χ0) is 23.2. The summed E-state index contributed by atoms with van der Waals surface area (Å²) < 4.78 is 34.5. The van der Waals surface area contributed by atoms with Crippen molar-refractivity contribution in [2.75, 3.05) is 32.1 Å². The molecule has 1 amide bonds. The van der Waals surface area contributed by atoms with Crippen LogP contribution < -0.4 is 4.90 Å². The van der Waals surface area contributed by atoms with Gasteiger partial charge in [0.1, 0.15) is 11.3 Å². The number of carboxylic acid groups (broad SMARTS) is 1. The summed E-state index contributed by atoms with van der Waals surface area (Å²) >= 11 is 3.48. The monoisotopic (exact) mass is 500 g/mol. The second-order valence-electron chi connectivity index (χ2n) is 6.60. The van der Waals surface area contributed by atoms with Crippen LogP contribution in [0.3, 0.4) is 0 Å². The van der Waals surface area contributed by atoms with Gasteiger partial charge in [-0.3, -0.25) is 9.20 Å². The third kappa shape index (κ3) is 6.79. The van der Waals surface area contributed by atoms with Gasteiger partial charge in [0.2, 0.25) is 0 Å². The van der Waals surface area contributed by atoms with Gasteiger partial charge >= 0.3 is 12.1 Å². The first kappa shape index (κ1) is 24.4. The number of imidazole rings is 1. The Kier molecular flexibility index (Phi) is 8.17. The van der Waals surface area contributed by atoms with Crippen LogP contribution in [0.25, 0.3) is 5.65 Å². The van der Waals surface area contributed by atoms with Crippen LogP contribution in [0.4, 0.5) is 18.9 Å². The first-order valence-corrected chi connectivity index (χ1v) is 9.75. The van der Waals surface area contributed by atoms with Crippen LogP contribution in [0.5, 0.6) is 0 Å². The Hall–Kier alpha value is -2.92. The van der Waals surface area contributed by atoms with Crippen LogP contribution in [-0.2, 0) is 4.79 Å². The Morgan fingerprint density at radius 1 is 1.06 bits per heavy atom. The Morgan fingerprint density at radius 3 is 2.19 bits per heavy atom. The predicted octanol–water partition coefficient (Wildman–Crippen LogP) is 3.94. The van der Waals surface area contributed by atoms with E-state index in [0.29, 0.717) is 12.2 Å². The average molecular weight is 501 g/mol. The van der Waals surface area contributed by atoms with Crippen molar-refractivity contribution in [2.24, 2.45) is 0 Å². The van der Waals surface area contributed by atoms with E-state index < -0.39 is 12.1 Å². The minimum Gasteiger partial charge on any atom is -0.475 e. The number of amides is 1. The number of para-hydroxylation sites is 1. The topological polar surface area (TPSA) is 78.2 Å². The number of nitrogens with zero attached hydrogens (tertiary/aromatic N) is 4. The molecule has 31 heavy (non-hydrogen) atoms. The van der Waals surface area contributed by atoms with Gasteiger partial charge in [0.05, 0.1) is 4.60 Å². The number of aromatic nitrogens is 2. The fourth-order valence-electron chi connectivity index (χ4n) is 2.47. The van der Waals surface area contributed by atoms with E-state index in [4.69, 9.17) is 9.90 Å². The predicted molar refractivity (Wildman–Crippen MR) is 113 cm³/mol. The smallest absolute Gasteiger partial charge is 0.475 e. The second-order valence-corrected chi connectivity index (χ2v) is 7.41. The summed E-state index contributed by atoms with van der Waals surface area (Å²) in [5, 5.41) is 7.12. The fraction of sp³-hybridized carbons (Fsp3) is 0.250. The van der Waals surface area contributed by atoms with E-state index in [9.17, 15) is 18.0 Å². The van der Waals surface area contributed by atoms with Crippen molar-refractivity contribution in [3.05, 3.63) is 65.0 Å². The van der Waals surface area contributed by atoms with Crippen molar-refractivity contribution in [2.45, 2.75) is 6.18 Å². The van der Waals surface area contributed by atoms with Crippen molar-refractivity contribution < 1.29 is 27.9 Å². The molecule has 0 aliphatic carbocycles. The standard InChI is InChI=1S/C18H19BrN4O.C2HF3O2/c1-21(2)11-12-22(14-7-4-3-5-8-14)18(24)15-13-23-16(19)9-6-10-17(23)20-15;3-2(4,5)1(6)7/h3-10,13H,11-12H2,1-2H3;(H,6,7). The van der Waals surface area contributed by atoms with Gasteiger partial charge in [-0.25, -0.2) is 9.78 Å². The highest BCUT2D eigenvalue weighted by atomic mass is 79.9. The number of carboxylic acids is 1. The van der Waals surface area contributed by atoms with E-state index in [-0.39, 0.29) is 5.91 Å². The van der Waals surface area contributed by atoms with Crippen LogP contribution in [-0.4, -0.2) is 64.6 Å². The number of halogens is 4. The molecule has 0 unspecified atom stereocenters. The maximum Gasteiger partial charge on any atom is 0.490 e. The van der Waals surface area contributed by atoms with Crippen molar-refractivity contribution in [3.8, 4) is 0 Å². The van der Waals surface area contributed by atoms with E-state index >= 15 is 0 Å². The van der Waals surface area contributed by atoms with Gasteiger partial charge in [-0.05, 0) is 54.3 Å². The lowest BCUT2D eigenvalue weighted by molar-refractivity contribution is -0.192. The van der Waals surface area contributed by atoms with Gasteiger partial charge < -0.3 is 14.9 Å². The molecule has 0 atom stereocenters. The number of anilines is 1. The van der Waals surface area contributed by atoms with Crippen LogP contribution >= 0.6 is 15.9 Å². The number of pyridine rings is 1. The van der Waals surface area contributed by atoms with Crippen LogP contribution in [0.1, 0.15) is 10.5 Å². The van der Waals surface area contributed by atoms with Gasteiger partial charge in [-0.15, -0.1) is 0 Å². The fourth-order valence-corrected chi connectivity index (χ4v) is 2.91. The average Bonchev–Trinajstić information content (AvgIpc) is 3.14. The Morgan fingerprint density at radius 2 is 1.68 bits per heavy atom. The van der Waals surface area contributed by atoms with Gasteiger partial charge in [-0.2, -0.15) is 13.2 Å². The number of rotatable bonds is 5. The number of carbonyl (C=O) groups is 2. The number of likely N-dealkylation sites (N-methyl/N-ethyl adjacent to an activating group) is 1. The molecule has 0 aliphatic rings. The summed E-state index contributed by atoms with van der Waals surface area (Å²) in [5.41, 5.74) is 2.05. The van der Waals surface area contributed by atoms with Gasteiger partial charge in [0.15, 0.2) is 0 Å². The molecule has 3 aromatic rings. The normalized spacial score (nSPS) is 11.2. The quantitative estimate of drug-likeness (QED) is 0.537. The molecule has 0 bridgehead atoms. The molecule has 0 aliphatic heterocycles. The molecule has 0 spiro atoms. The summed E-state index contributed by atoms with van der Waals surface area (Å²) in [6.45, 7) is 1.38.